The van der Waals surface area contributed by atoms with Crippen LogP contribution in [-0.4, -0.2) is 56.7 Å². The van der Waals surface area contributed by atoms with Crippen molar-refractivity contribution in [3.8, 4) is 0 Å². The number of hydrogen-bond donors (Lipinski definition) is 2. The van der Waals surface area contributed by atoms with Gasteiger partial charge >= 0.3 is 0 Å². The fraction of sp³-hybridized carbons (Fsp3) is 0.500. The van der Waals surface area contributed by atoms with E-state index in [4.69, 9.17) is 5.11 Å². The van der Waals surface area contributed by atoms with Gasteiger partial charge < -0.3 is 10.0 Å². The lowest BCUT2D eigenvalue weighted by molar-refractivity contribution is 0.00174. The van der Waals surface area contributed by atoms with Crippen LogP contribution in [0.2, 0.25) is 0 Å². The number of carbonyl (C=O) groups excluding carboxylic acids is 1. The van der Waals surface area contributed by atoms with Gasteiger partial charge in [0, 0.05) is 12.1 Å². The SMILES string of the molecule is CNS(=O)(=O)c1ccc(C(=O)N2CCCC(F)(CO)C2)cc1. The molecule has 0 aliphatic carbocycles. The highest BCUT2D eigenvalue weighted by Gasteiger charge is 2.36. The molecule has 0 spiro atoms. The molecule has 8 heteroatoms. The van der Waals surface area contributed by atoms with Crippen LogP contribution in [0.25, 0.3) is 0 Å². The quantitative estimate of drug-likeness (QED) is 0.843. The van der Waals surface area contributed by atoms with Gasteiger partial charge in [-0.25, -0.2) is 17.5 Å². The molecule has 1 heterocycles. The van der Waals surface area contributed by atoms with Crippen LogP contribution in [0.15, 0.2) is 29.2 Å². The molecule has 1 unspecified atom stereocenters. The average molecular weight is 330 g/mol. The van der Waals surface area contributed by atoms with E-state index in [0.29, 0.717) is 13.0 Å². The van der Waals surface area contributed by atoms with E-state index < -0.39 is 22.3 Å². The number of nitrogens with zero attached hydrogens (tertiary/aromatic N) is 1. The standard InChI is InChI=1S/C14H19FN2O4S/c1-16-22(20,21)12-5-3-11(4-6-12)13(19)17-8-2-7-14(15,9-17)10-18/h3-6,16,18H,2,7-10H2,1H3. The van der Waals surface area contributed by atoms with Gasteiger partial charge in [0.15, 0.2) is 5.67 Å². The van der Waals surface area contributed by atoms with E-state index in [2.05, 4.69) is 4.72 Å². The molecule has 6 nitrogen and oxygen atoms in total. The second-order valence-electron chi connectivity index (χ2n) is 5.37. The van der Waals surface area contributed by atoms with Gasteiger partial charge in [-0.3, -0.25) is 4.79 Å². The summed E-state index contributed by atoms with van der Waals surface area (Å²) in [5, 5.41) is 9.09. The van der Waals surface area contributed by atoms with Crippen LogP contribution in [0, 0.1) is 0 Å². The Kier molecular flexibility index (Phi) is 4.84. The van der Waals surface area contributed by atoms with E-state index in [-0.39, 0.29) is 29.3 Å². The van der Waals surface area contributed by atoms with Crippen LogP contribution in [0.1, 0.15) is 23.2 Å². The second-order valence-corrected chi connectivity index (χ2v) is 7.26. The number of rotatable bonds is 4. The maximum Gasteiger partial charge on any atom is 0.253 e. The van der Waals surface area contributed by atoms with Crippen LogP contribution in [0.3, 0.4) is 0 Å². The molecule has 1 aromatic rings. The fourth-order valence-corrected chi connectivity index (χ4v) is 3.20. The third-order valence-corrected chi connectivity index (χ3v) is 5.21. The fourth-order valence-electron chi connectivity index (χ4n) is 2.47. The molecule has 0 aromatic heterocycles. The van der Waals surface area contributed by atoms with Gasteiger partial charge in [0.05, 0.1) is 18.0 Å². The number of halogens is 1. The summed E-state index contributed by atoms with van der Waals surface area (Å²) in [7, 11) is -2.25. The Labute approximate surface area is 129 Å². The van der Waals surface area contributed by atoms with Crippen molar-refractivity contribution in [1.82, 2.24) is 9.62 Å². The molecule has 1 aliphatic heterocycles. The number of benzene rings is 1. The summed E-state index contributed by atoms with van der Waals surface area (Å²) in [5.41, 5.74) is -1.47. The zero-order valence-corrected chi connectivity index (χ0v) is 13.1. The first kappa shape index (κ1) is 16.9. The molecule has 1 aromatic carbocycles. The first-order chi connectivity index (χ1) is 10.3. The molecular weight excluding hydrogens is 311 g/mol. The smallest absolute Gasteiger partial charge is 0.253 e. The van der Waals surface area contributed by atoms with Gasteiger partial charge in [-0.15, -0.1) is 0 Å². The van der Waals surface area contributed by atoms with Crippen molar-refractivity contribution in [2.45, 2.75) is 23.4 Å². The third kappa shape index (κ3) is 3.45. The molecule has 1 atom stereocenters. The number of piperidine rings is 1. The molecule has 122 valence electrons. The lowest BCUT2D eigenvalue weighted by atomic mass is 9.95. The summed E-state index contributed by atoms with van der Waals surface area (Å²) < 4.78 is 39.6. The summed E-state index contributed by atoms with van der Waals surface area (Å²) in [6.45, 7) is -0.351. The predicted octanol–water partition coefficient (Wildman–Crippen LogP) is 0.531. The van der Waals surface area contributed by atoms with Crippen LogP contribution in [0.4, 0.5) is 4.39 Å². The van der Waals surface area contributed by atoms with Crippen molar-refractivity contribution in [2.24, 2.45) is 0 Å². The molecule has 0 radical (unpaired) electrons. The van der Waals surface area contributed by atoms with E-state index >= 15 is 0 Å². The molecule has 1 aliphatic rings. The zero-order valence-electron chi connectivity index (χ0n) is 12.3. The molecule has 0 bridgehead atoms. The van der Waals surface area contributed by atoms with Gasteiger partial charge in [-0.05, 0) is 44.2 Å². The van der Waals surface area contributed by atoms with Crippen LogP contribution in [-0.2, 0) is 10.0 Å². The molecule has 1 amide bonds. The highest BCUT2D eigenvalue weighted by atomic mass is 32.2. The highest BCUT2D eigenvalue weighted by molar-refractivity contribution is 7.89. The molecule has 2 N–H and O–H groups in total. The van der Waals surface area contributed by atoms with Crippen molar-refractivity contribution < 1.29 is 22.7 Å². The van der Waals surface area contributed by atoms with Gasteiger partial charge in [0.25, 0.3) is 5.91 Å². The average Bonchev–Trinajstić information content (AvgIpc) is 2.54. The Hall–Kier alpha value is -1.51. The molecule has 2 rings (SSSR count). The lowest BCUT2D eigenvalue weighted by Crippen LogP contribution is -2.49. The monoisotopic (exact) mass is 330 g/mol. The third-order valence-electron chi connectivity index (χ3n) is 3.78. The normalized spacial score (nSPS) is 22.6. The van der Waals surface area contributed by atoms with Gasteiger partial charge in [0.2, 0.25) is 10.0 Å². The maximum absolute atomic E-state index is 14.2. The Balaban J connectivity index is 2.16. The molecule has 1 saturated heterocycles. The summed E-state index contributed by atoms with van der Waals surface area (Å²) in [6, 6.07) is 5.47. The van der Waals surface area contributed by atoms with Crippen molar-refractivity contribution >= 4 is 15.9 Å². The van der Waals surface area contributed by atoms with Gasteiger partial charge in [-0.1, -0.05) is 0 Å². The van der Waals surface area contributed by atoms with E-state index in [9.17, 15) is 17.6 Å². The van der Waals surface area contributed by atoms with E-state index in [0.717, 1.165) is 0 Å². The first-order valence-electron chi connectivity index (χ1n) is 6.94. The minimum atomic E-state index is -3.56. The van der Waals surface area contributed by atoms with Crippen molar-refractivity contribution in [3.05, 3.63) is 29.8 Å². The number of nitrogens with one attached hydrogen (secondary N) is 1. The van der Waals surface area contributed by atoms with Gasteiger partial charge in [-0.2, -0.15) is 0 Å². The van der Waals surface area contributed by atoms with Gasteiger partial charge in [0.1, 0.15) is 0 Å². The minimum absolute atomic E-state index is 0.0559. The first-order valence-corrected chi connectivity index (χ1v) is 8.42. The number of hydrogen-bond acceptors (Lipinski definition) is 4. The van der Waals surface area contributed by atoms with Crippen molar-refractivity contribution in [3.63, 3.8) is 0 Å². The Morgan fingerprint density at radius 1 is 1.41 bits per heavy atom. The summed E-state index contributed by atoms with van der Waals surface area (Å²) in [5.74, 6) is -0.372. The zero-order chi connectivity index (χ0) is 16.4. The van der Waals surface area contributed by atoms with Crippen LogP contribution in [0.5, 0.6) is 0 Å². The Morgan fingerprint density at radius 3 is 2.59 bits per heavy atom. The lowest BCUT2D eigenvalue weighted by Gasteiger charge is -2.36. The van der Waals surface area contributed by atoms with E-state index in [1.54, 1.807) is 0 Å². The number of alkyl halides is 1. The molecule has 0 saturated carbocycles. The van der Waals surface area contributed by atoms with Crippen molar-refractivity contribution in [1.29, 1.82) is 0 Å². The van der Waals surface area contributed by atoms with E-state index in [1.165, 1.54) is 36.2 Å². The highest BCUT2D eigenvalue weighted by Crippen LogP contribution is 2.26. The molecule has 1 fully saturated rings. The number of amides is 1. The topological polar surface area (TPSA) is 86.7 Å². The minimum Gasteiger partial charge on any atom is -0.393 e. The predicted molar refractivity (Wildman–Crippen MR) is 78.7 cm³/mol. The summed E-state index contributed by atoms with van der Waals surface area (Å²) >= 11 is 0. The van der Waals surface area contributed by atoms with Crippen molar-refractivity contribution in [2.75, 3.05) is 26.7 Å². The molecule has 22 heavy (non-hydrogen) atoms. The summed E-state index contributed by atoms with van der Waals surface area (Å²) in [4.78, 5) is 13.8. The second kappa shape index (κ2) is 6.31. The number of aliphatic hydroxyl groups excluding tert-OH is 1. The largest absolute Gasteiger partial charge is 0.393 e. The number of carbonyl (C=O) groups is 1. The Morgan fingerprint density at radius 2 is 2.05 bits per heavy atom. The maximum atomic E-state index is 14.2. The van der Waals surface area contributed by atoms with Crippen LogP contribution >= 0.6 is 0 Å². The number of aliphatic hydroxyl groups is 1. The summed E-state index contributed by atoms with van der Waals surface area (Å²) in [6.07, 6.45) is 0.710. The number of likely N-dealkylation sites (tertiary alicyclic amines) is 1. The van der Waals surface area contributed by atoms with E-state index in [1.807, 2.05) is 0 Å². The Bertz CT molecular complexity index is 647. The number of sulfonamides is 1. The van der Waals surface area contributed by atoms with Crippen LogP contribution < -0.4 is 4.72 Å². The molecular formula is C14H19FN2O4S.